The molecule has 94 valence electrons. The number of nitrogens with one attached hydrogen (secondary N) is 1. The van der Waals surface area contributed by atoms with Crippen LogP contribution in [0.25, 0.3) is 0 Å². The molecule has 0 aliphatic rings. The number of hydrogen-bond donors (Lipinski definition) is 3. The van der Waals surface area contributed by atoms with E-state index >= 15 is 0 Å². The maximum absolute atomic E-state index is 10.8. The molecule has 0 radical (unpaired) electrons. The molecule has 1 aromatic rings. The van der Waals surface area contributed by atoms with Gasteiger partial charge >= 0.3 is 11.9 Å². The van der Waals surface area contributed by atoms with Gasteiger partial charge in [0.1, 0.15) is 11.9 Å². The highest BCUT2D eigenvalue weighted by Crippen LogP contribution is 2.14. The number of hydrogen-bond acceptors (Lipinski definition) is 6. The van der Waals surface area contributed by atoms with Crippen molar-refractivity contribution in [3.63, 3.8) is 0 Å². The Balaban J connectivity index is 2.65. The molecule has 1 atom stereocenters. The molecule has 0 fully saturated rings. The summed E-state index contributed by atoms with van der Waals surface area (Å²) in [6.45, 7) is 1.98. The van der Waals surface area contributed by atoms with Crippen LogP contribution in [0.4, 0.5) is 5.13 Å². The number of rotatable bonds is 7. The number of carbonyl (C=O) groups is 2. The summed E-state index contributed by atoms with van der Waals surface area (Å²) in [6, 6.07) is -1.19. The lowest BCUT2D eigenvalue weighted by molar-refractivity contribution is -0.144. The first-order valence-corrected chi connectivity index (χ1v) is 5.84. The van der Waals surface area contributed by atoms with Gasteiger partial charge in [-0.2, -0.15) is 4.37 Å². The third-order valence-corrected chi connectivity index (χ3v) is 2.60. The topological polar surface area (TPSA) is 112 Å². The Labute approximate surface area is 102 Å². The Kier molecular flexibility index (Phi) is 4.83. The first-order valence-electron chi connectivity index (χ1n) is 5.06. The highest BCUT2D eigenvalue weighted by atomic mass is 32.1. The van der Waals surface area contributed by atoms with Crippen molar-refractivity contribution in [3.05, 3.63) is 5.82 Å². The second kappa shape index (κ2) is 6.14. The number of aliphatic carboxylic acids is 2. The maximum Gasteiger partial charge on any atom is 0.326 e. The standard InChI is InChI=1S/C9H13N3O4S/c1-2-3-6-11-9(17-12-6)10-5(8(15)16)4-7(13)14/h5H,2-4H2,1H3,(H,13,14)(H,15,16)(H,10,11,12). The van der Waals surface area contributed by atoms with Crippen LogP contribution >= 0.6 is 11.5 Å². The third kappa shape index (κ3) is 4.35. The van der Waals surface area contributed by atoms with E-state index in [0.29, 0.717) is 11.0 Å². The summed E-state index contributed by atoms with van der Waals surface area (Å²) in [5, 5.41) is 20.3. The molecule has 0 saturated carbocycles. The smallest absolute Gasteiger partial charge is 0.326 e. The molecular weight excluding hydrogens is 246 g/mol. The van der Waals surface area contributed by atoms with Gasteiger partial charge in [0.05, 0.1) is 6.42 Å². The van der Waals surface area contributed by atoms with Crippen molar-refractivity contribution in [2.45, 2.75) is 32.2 Å². The van der Waals surface area contributed by atoms with Gasteiger partial charge in [-0.25, -0.2) is 9.78 Å². The predicted molar refractivity (Wildman–Crippen MR) is 61.2 cm³/mol. The van der Waals surface area contributed by atoms with Gasteiger partial charge in [0.15, 0.2) is 0 Å². The first kappa shape index (κ1) is 13.4. The second-order valence-electron chi connectivity index (χ2n) is 3.40. The molecule has 0 bridgehead atoms. The van der Waals surface area contributed by atoms with Gasteiger partial charge in [-0.05, 0) is 6.42 Å². The highest BCUT2D eigenvalue weighted by Gasteiger charge is 2.22. The van der Waals surface area contributed by atoms with E-state index in [1.165, 1.54) is 0 Å². The molecule has 3 N–H and O–H groups in total. The Bertz CT molecular complexity index is 407. The largest absolute Gasteiger partial charge is 0.481 e. The van der Waals surface area contributed by atoms with Crippen LogP contribution in [-0.2, 0) is 16.0 Å². The molecule has 1 heterocycles. The lowest BCUT2D eigenvalue weighted by Crippen LogP contribution is -2.31. The molecule has 0 aromatic carbocycles. The number of aryl methyl sites for hydroxylation is 1. The van der Waals surface area contributed by atoms with Crippen LogP contribution in [-0.4, -0.2) is 37.6 Å². The lowest BCUT2D eigenvalue weighted by Gasteiger charge is -2.09. The van der Waals surface area contributed by atoms with Gasteiger partial charge in [0, 0.05) is 18.0 Å². The van der Waals surface area contributed by atoms with Crippen molar-refractivity contribution in [2.75, 3.05) is 5.32 Å². The van der Waals surface area contributed by atoms with Crippen LogP contribution in [0.5, 0.6) is 0 Å². The zero-order chi connectivity index (χ0) is 12.8. The minimum absolute atomic E-state index is 0.335. The average molecular weight is 259 g/mol. The maximum atomic E-state index is 10.8. The Hall–Kier alpha value is -1.70. The minimum Gasteiger partial charge on any atom is -0.481 e. The van der Waals surface area contributed by atoms with Gasteiger partial charge in [-0.15, -0.1) is 0 Å². The van der Waals surface area contributed by atoms with Crippen molar-refractivity contribution in [2.24, 2.45) is 0 Å². The van der Waals surface area contributed by atoms with Crippen LogP contribution in [0.2, 0.25) is 0 Å². The van der Waals surface area contributed by atoms with E-state index < -0.39 is 24.4 Å². The summed E-state index contributed by atoms with van der Waals surface area (Å²) >= 11 is 1.03. The van der Waals surface area contributed by atoms with Gasteiger partial charge < -0.3 is 15.5 Å². The van der Waals surface area contributed by atoms with Gasteiger partial charge in [-0.3, -0.25) is 4.79 Å². The average Bonchev–Trinajstić information content (AvgIpc) is 2.64. The van der Waals surface area contributed by atoms with E-state index in [2.05, 4.69) is 14.7 Å². The van der Waals surface area contributed by atoms with Crippen LogP contribution < -0.4 is 5.32 Å². The van der Waals surface area contributed by atoms with Gasteiger partial charge in [0.2, 0.25) is 5.13 Å². The highest BCUT2D eigenvalue weighted by molar-refractivity contribution is 7.09. The molecule has 0 amide bonds. The van der Waals surface area contributed by atoms with E-state index in [4.69, 9.17) is 10.2 Å². The summed E-state index contributed by atoms with van der Waals surface area (Å²) in [5.41, 5.74) is 0. The van der Waals surface area contributed by atoms with Gasteiger partial charge in [0.25, 0.3) is 0 Å². The zero-order valence-corrected chi connectivity index (χ0v) is 10.0. The van der Waals surface area contributed by atoms with Crippen LogP contribution in [0, 0.1) is 0 Å². The SMILES string of the molecule is CCCc1nsc(NC(CC(=O)O)C(=O)O)n1. The Morgan fingerprint density at radius 2 is 2.18 bits per heavy atom. The van der Waals surface area contributed by atoms with Crippen molar-refractivity contribution < 1.29 is 19.8 Å². The molecule has 0 saturated heterocycles. The molecular formula is C9H13N3O4S. The Morgan fingerprint density at radius 1 is 1.47 bits per heavy atom. The zero-order valence-electron chi connectivity index (χ0n) is 9.21. The molecule has 17 heavy (non-hydrogen) atoms. The summed E-state index contributed by atoms with van der Waals surface area (Å²) in [4.78, 5) is 25.3. The second-order valence-corrected chi connectivity index (χ2v) is 4.15. The van der Waals surface area contributed by atoms with Crippen molar-refractivity contribution in [1.29, 1.82) is 0 Å². The molecule has 1 aromatic heterocycles. The number of nitrogens with zero attached hydrogens (tertiary/aromatic N) is 2. The molecule has 1 unspecified atom stereocenters. The van der Waals surface area contributed by atoms with Crippen molar-refractivity contribution in [3.8, 4) is 0 Å². The molecule has 0 aliphatic carbocycles. The van der Waals surface area contributed by atoms with E-state index in [9.17, 15) is 9.59 Å². The van der Waals surface area contributed by atoms with Gasteiger partial charge in [-0.1, -0.05) is 6.92 Å². The molecule has 0 aliphatic heterocycles. The quantitative estimate of drug-likeness (QED) is 0.664. The third-order valence-electron chi connectivity index (χ3n) is 1.92. The van der Waals surface area contributed by atoms with Crippen molar-refractivity contribution in [1.82, 2.24) is 9.36 Å². The first-order chi connectivity index (χ1) is 8.02. The summed E-state index contributed by atoms with van der Waals surface area (Å²) in [7, 11) is 0. The normalized spacial score (nSPS) is 12.1. The molecule has 7 nitrogen and oxygen atoms in total. The predicted octanol–water partition coefficient (Wildman–Crippen LogP) is 0.830. The molecule has 0 spiro atoms. The summed E-state index contributed by atoms with van der Waals surface area (Å²) < 4.78 is 4.03. The minimum atomic E-state index is -1.22. The van der Waals surface area contributed by atoms with E-state index in [0.717, 1.165) is 24.4 Å². The molecule has 8 heteroatoms. The fourth-order valence-corrected chi connectivity index (χ4v) is 1.83. The summed E-state index contributed by atoms with van der Waals surface area (Å²) in [6.07, 6.45) is 1.11. The molecule has 1 rings (SSSR count). The van der Waals surface area contributed by atoms with Crippen LogP contribution in [0.15, 0.2) is 0 Å². The fourth-order valence-electron chi connectivity index (χ4n) is 1.16. The van der Waals surface area contributed by atoms with Crippen molar-refractivity contribution >= 4 is 28.6 Å². The van der Waals surface area contributed by atoms with E-state index in [1.807, 2.05) is 6.92 Å². The number of carboxylic acids is 2. The number of carboxylic acid groups (broad SMARTS) is 2. The monoisotopic (exact) mass is 259 g/mol. The van der Waals surface area contributed by atoms with E-state index in [-0.39, 0.29) is 0 Å². The van der Waals surface area contributed by atoms with Crippen LogP contribution in [0.3, 0.4) is 0 Å². The fraction of sp³-hybridized carbons (Fsp3) is 0.556. The summed E-state index contributed by atoms with van der Waals surface area (Å²) in [5.74, 6) is -1.76. The lowest BCUT2D eigenvalue weighted by atomic mass is 10.2. The van der Waals surface area contributed by atoms with E-state index in [1.54, 1.807) is 0 Å². The number of anilines is 1. The Morgan fingerprint density at radius 3 is 2.71 bits per heavy atom. The van der Waals surface area contributed by atoms with Crippen LogP contribution in [0.1, 0.15) is 25.6 Å². The number of aromatic nitrogens is 2.